The summed E-state index contributed by atoms with van der Waals surface area (Å²) in [6, 6.07) is 3.24. The average molecular weight is 842 g/mol. The van der Waals surface area contributed by atoms with Crippen molar-refractivity contribution in [3.8, 4) is 17.0 Å². The van der Waals surface area contributed by atoms with Crippen LogP contribution in [-0.4, -0.2) is 101 Å². The summed E-state index contributed by atoms with van der Waals surface area (Å²) in [7, 11) is -2.59. The Bertz CT molecular complexity index is 2130. The number of rotatable bonds is 8. The van der Waals surface area contributed by atoms with Gasteiger partial charge in [0.05, 0.1) is 24.0 Å². The molecule has 4 amide bonds. The van der Waals surface area contributed by atoms with Gasteiger partial charge in [-0.3, -0.25) is 28.7 Å². The van der Waals surface area contributed by atoms with Gasteiger partial charge in [-0.2, -0.15) is 0 Å². The quantitative estimate of drug-likeness (QED) is 0.282. The fourth-order valence-electron chi connectivity index (χ4n) is 8.51. The third kappa shape index (κ3) is 8.38. The van der Waals surface area contributed by atoms with Crippen molar-refractivity contribution >= 4 is 51.0 Å². The van der Waals surface area contributed by atoms with Gasteiger partial charge in [0.2, 0.25) is 21.8 Å². The Morgan fingerprint density at radius 3 is 2.55 bits per heavy atom. The summed E-state index contributed by atoms with van der Waals surface area (Å²) in [5.74, 6) is -5.10. The summed E-state index contributed by atoms with van der Waals surface area (Å²) < 4.78 is 53.2. The van der Waals surface area contributed by atoms with Gasteiger partial charge >= 0.3 is 5.97 Å². The molecule has 4 fully saturated rings. The number of allylic oxidation sites excluding steroid dienone is 1. The number of hydrogen-bond acceptors (Lipinski definition) is 11. The Morgan fingerprint density at radius 1 is 1.10 bits per heavy atom. The second-order valence-electron chi connectivity index (χ2n) is 17.7. The number of amides is 4. The van der Waals surface area contributed by atoms with Gasteiger partial charge in [0.1, 0.15) is 28.7 Å². The fourth-order valence-corrected chi connectivity index (χ4v) is 10.6. The van der Waals surface area contributed by atoms with Crippen molar-refractivity contribution in [2.24, 2.45) is 23.7 Å². The predicted octanol–water partition coefficient (Wildman–Crippen LogP) is 4.60. The van der Waals surface area contributed by atoms with Crippen molar-refractivity contribution in [2.75, 3.05) is 26.7 Å². The van der Waals surface area contributed by atoms with E-state index in [1.54, 1.807) is 44.0 Å². The van der Waals surface area contributed by atoms with Gasteiger partial charge in [-0.25, -0.2) is 17.8 Å². The molecule has 2 saturated heterocycles. The molecule has 1 aromatic carbocycles. The zero-order valence-corrected chi connectivity index (χ0v) is 35.2. The van der Waals surface area contributed by atoms with E-state index in [1.165, 1.54) is 24.1 Å². The lowest BCUT2D eigenvalue weighted by molar-refractivity contribution is -0.159. The summed E-state index contributed by atoms with van der Waals surface area (Å²) in [5, 5.41) is 4.66. The highest BCUT2D eigenvalue weighted by atomic mass is 32.2. The summed E-state index contributed by atoms with van der Waals surface area (Å²) >= 11 is 1.07. The van der Waals surface area contributed by atoms with Gasteiger partial charge in [0, 0.05) is 60.3 Å². The average Bonchev–Trinajstić information content (AvgIpc) is 3.84. The molecule has 0 bridgehead atoms. The first-order chi connectivity index (χ1) is 27.3. The number of benzene rings is 1. The molecular formula is C41H52FN5O9S2. The first-order valence-corrected chi connectivity index (χ1v) is 22.4. The molecule has 2 N–H and O–H groups in total. The lowest BCUT2D eigenvalue weighted by Crippen LogP contribution is -2.59. The lowest BCUT2D eigenvalue weighted by Gasteiger charge is -2.33. The molecule has 4 heterocycles. The number of halogens is 1. The SMILES string of the molecule is COc1ccc(-c2csc(C(=O)N3C[C@H]4CN5C(=O)[C@@H](CC(=O)OC(C)(C)C)CCCCC/C=C\[C@@H]6C[C@@]6(C(=O)NS(=O)(=O)C6(C)CC6)NC(=O)[C@@H]5[C@H]4C3)n2)c(F)c1. The molecule has 0 radical (unpaired) electrons. The minimum absolute atomic E-state index is 0.0865. The Labute approximate surface area is 342 Å². The molecule has 0 unspecified atom stereocenters. The van der Waals surface area contributed by atoms with Gasteiger partial charge in [-0.1, -0.05) is 25.0 Å². The molecule has 6 atom stereocenters. The van der Waals surface area contributed by atoms with Crippen molar-refractivity contribution in [3.63, 3.8) is 0 Å². The van der Waals surface area contributed by atoms with Crippen LogP contribution in [0.15, 0.2) is 35.7 Å². The molecule has 3 aliphatic heterocycles. The second kappa shape index (κ2) is 15.7. The first kappa shape index (κ1) is 41.8. The van der Waals surface area contributed by atoms with Crippen molar-refractivity contribution in [1.82, 2.24) is 24.8 Å². The highest BCUT2D eigenvalue weighted by Crippen LogP contribution is 2.48. The summed E-state index contributed by atoms with van der Waals surface area (Å²) in [4.78, 5) is 77.9. The van der Waals surface area contributed by atoms with Gasteiger partial charge < -0.3 is 24.6 Å². The number of likely N-dealkylation sites (tertiary alicyclic amines) is 1. The maximum Gasteiger partial charge on any atom is 0.307 e. The molecular weight excluding hydrogens is 790 g/mol. The van der Waals surface area contributed by atoms with E-state index >= 15 is 0 Å². The topological polar surface area (TPSA) is 181 Å². The Hall–Kier alpha value is -4.38. The number of fused-ring (bicyclic) bond motifs is 4. The lowest BCUT2D eigenvalue weighted by atomic mass is 9.92. The van der Waals surface area contributed by atoms with E-state index in [-0.39, 0.29) is 60.6 Å². The second-order valence-corrected chi connectivity index (χ2v) is 20.7. The van der Waals surface area contributed by atoms with Crippen LogP contribution >= 0.6 is 11.3 Å². The van der Waals surface area contributed by atoms with Crippen molar-refractivity contribution in [2.45, 2.75) is 107 Å². The number of carbonyl (C=O) groups excluding carboxylic acids is 5. The van der Waals surface area contributed by atoms with Gasteiger partial charge in [-0.05, 0) is 78.4 Å². The van der Waals surface area contributed by atoms with Crippen molar-refractivity contribution < 1.29 is 46.3 Å². The minimum Gasteiger partial charge on any atom is -0.497 e. The standard InChI is InChI=1S/C41H52FN5O9S2/c1-39(2,3)56-32(48)17-24-11-9-7-6-8-10-12-26-19-41(26,38(52)45-58(53,54)40(4)15-16-40)44-34(49)33-29-22-46(20-25(29)21-47(33)36(24)50)37(51)35-43-31(23-57-35)28-14-13-27(55-5)18-30(28)42/h10,12-14,18,23-26,29,33H,6-9,11,15-17,19-22H2,1-5H3,(H,44,49)(H,45,52)/b12-10-/t24-,25+,26-,29+,33+,41-/m1/s1. The summed E-state index contributed by atoms with van der Waals surface area (Å²) in [5.41, 5.74) is -1.83. The maximum atomic E-state index is 14.9. The predicted molar refractivity (Wildman–Crippen MR) is 212 cm³/mol. The zero-order chi connectivity index (χ0) is 41.8. The highest BCUT2D eigenvalue weighted by Gasteiger charge is 2.64. The molecule has 7 rings (SSSR count). The smallest absolute Gasteiger partial charge is 0.307 e. The number of esters is 1. The number of nitrogens with zero attached hydrogens (tertiary/aromatic N) is 3. The molecule has 0 spiro atoms. The molecule has 5 aliphatic rings. The van der Waals surface area contributed by atoms with Crippen LogP contribution in [0.2, 0.25) is 0 Å². The van der Waals surface area contributed by atoms with Crippen LogP contribution in [0.5, 0.6) is 5.75 Å². The molecule has 2 saturated carbocycles. The number of methoxy groups -OCH3 is 1. The molecule has 2 aromatic rings. The van der Waals surface area contributed by atoms with Crippen LogP contribution < -0.4 is 14.8 Å². The Balaban J connectivity index is 1.17. The van der Waals surface area contributed by atoms with E-state index in [2.05, 4.69) is 15.0 Å². The fraction of sp³-hybridized carbons (Fsp3) is 0.610. The number of thiazole rings is 1. The molecule has 17 heteroatoms. The largest absolute Gasteiger partial charge is 0.497 e. The number of aromatic nitrogens is 1. The first-order valence-electron chi connectivity index (χ1n) is 20.0. The zero-order valence-electron chi connectivity index (χ0n) is 33.5. The number of carbonyl (C=O) groups is 5. The van der Waals surface area contributed by atoms with Crippen LogP contribution in [0.1, 0.15) is 95.3 Å². The molecule has 314 valence electrons. The van der Waals surface area contributed by atoms with E-state index in [9.17, 15) is 36.8 Å². The minimum atomic E-state index is -4.03. The van der Waals surface area contributed by atoms with Crippen LogP contribution in [0.4, 0.5) is 4.39 Å². The number of sulfonamides is 1. The molecule has 1 aromatic heterocycles. The third-order valence-electron chi connectivity index (χ3n) is 12.2. The van der Waals surface area contributed by atoms with Gasteiger partial charge in [0.25, 0.3) is 11.8 Å². The van der Waals surface area contributed by atoms with E-state index in [0.29, 0.717) is 37.9 Å². The van der Waals surface area contributed by atoms with Crippen LogP contribution in [-0.2, 0) is 33.9 Å². The Morgan fingerprint density at radius 2 is 1.86 bits per heavy atom. The van der Waals surface area contributed by atoms with E-state index in [4.69, 9.17) is 9.47 Å². The number of ether oxygens (including phenoxy) is 2. The van der Waals surface area contributed by atoms with Crippen molar-refractivity contribution in [1.29, 1.82) is 0 Å². The Kier molecular flexibility index (Phi) is 11.3. The highest BCUT2D eigenvalue weighted by molar-refractivity contribution is 7.91. The number of hydrogen-bond donors (Lipinski definition) is 2. The van der Waals surface area contributed by atoms with E-state index in [0.717, 1.165) is 24.2 Å². The summed E-state index contributed by atoms with van der Waals surface area (Å²) in [6.45, 7) is 7.24. The van der Waals surface area contributed by atoms with E-state index < -0.39 is 79.2 Å². The van der Waals surface area contributed by atoms with Crippen LogP contribution in [0.3, 0.4) is 0 Å². The maximum absolute atomic E-state index is 14.9. The van der Waals surface area contributed by atoms with Crippen molar-refractivity contribution in [3.05, 3.63) is 46.6 Å². The molecule has 58 heavy (non-hydrogen) atoms. The number of nitrogens with one attached hydrogen (secondary N) is 2. The normalized spacial score (nSPS) is 28.8. The van der Waals surface area contributed by atoms with Gasteiger partial charge in [0.15, 0.2) is 5.01 Å². The van der Waals surface area contributed by atoms with E-state index in [1.807, 2.05) is 12.2 Å². The molecule has 14 nitrogen and oxygen atoms in total. The van der Waals surface area contributed by atoms with Crippen LogP contribution in [0.25, 0.3) is 11.3 Å². The summed E-state index contributed by atoms with van der Waals surface area (Å²) in [6.07, 6.45) is 7.95. The van der Waals surface area contributed by atoms with Crippen LogP contribution in [0, 0.1) is 29.5 Å². The third-order valence-corrected chi connectivity index (χ3v) is 15.2. The van der Waals surface area contributed by atoms with Gasteiger partial charge in [-0.15, -0.1) is 11.3 Å². The monoisotopic (exact) mass is 841 g/mol. The molecule has 2 aliphatic carbocycles.